The van der Waals surface area contributed by atoms with Gasteiger partial charge in [0, 0.05) is 24.5 Å². The van der Waals surface area contributed by atoms with Crippen molar-refractivity contribution in [2.45, 2.75) is 19.4 Å². The van der Waals surface area contributed by atoms with Crippen LogP contribution in [-0.4, -0.2) is 27.4 Å². The highest BCUT2D eigenvalue weighted by atomic mass is 35.5. The summed E-state index contributed by atoms with van der Waals surface area (Å²) in [6, 6.07) is 5.98. The predicted molar refractivity (Wildman–Crippen MR) is 84.9 cm³/mol. The van der Waals surface area contributed by atoms with Crippen LogP contribution in [0, 0.1) is 11.7 Å². The molecule has 1 aromatic carbocycles. The van der Waals surface area contributed by atoms with Crippen molar-refractivity contribution >= 4 is 17.5 Å². The third-order valence-corrected chi connectivity index (χ3v) is 4.39. The molecule has 120 valence electrons. The van der Waals surface area contributed by atoms with Gasteiger partial charge in [0.05, 0.1) is 11.1 Å². The molecule has 0 aliphatic carbocycles. The molecule has 23 heavy (non-hydrogen) atoms. The van der Waals surface area contributed by atoms with E-state index >= 15 is 0 Å². The Balaban J connectivity index is 1.94. The van der Waals surface area contributed by atoms with Crippen LogP contribution in [0.2, 0.25) is 5.02 Å². The molecule has 1 amide bonds. The van der Waals surface area contributed by atoms with Crippen molar-refractivity contribution in [1.82, 2.24) is 9.88 Å². The van der Waals surface area contributed by atoms with Gasteiger partial charge in [-0.1, -0.05) is 24.6 Å². The summed E-state index contributed by atoms with van der Waals surface area (Å²) in [4.78, 5) is 18.6. The van der Waals surface area contributed by atoms with E-state index in [2.05, 4.69) is 11.9 Å². The van der Waals surface area contributed by atoms with Gasteiger partial charge in [-0.2, -0.15) is 0 Å². The number of aromatic nitrogens is 1. The van der Waals surface area contributed by atoms with Crippen LogP contribution in [0.1, 0.15) is 35.3 Å². The topological polar surface area (TPSA) is 53.4 Å². The van der Waals surface area contributed by atoms with E-state index in [9.17, 15) is 14.3 Å². The first-order valence-electron chi connectivity index (χ1n) is 7.36. The molecular weight excluding hydrogens is 319 g/mol. The van der Waals surface area contributed by atoms with Crippen molar-refractivity contribution < 1.29 is 14.3 Å². The summed E-state index contributed by atoms with van der Waals surface area (Å²) >= 11 is 5.78. The highest BCUT2D eigenvalue weighted by Gasteiger charge is 2.35. The maximum Gasteiger partial charge on any atom is 0.254 e. The molecular formula is C17H16ClFN2O2. The molecule has 4 nitrogen and oxygen atoms in total. The lowest BCUT2D eigenvalue weighted by atomic mass is 10.0. The zero-order valence-corrected chi connectivity index (χ0v) is 13.3. The summed E-state index contributed by atoms with van der Waals surface area (Å²) in [5.74, 6) is -1.50. The Morgan fingerprint density at radius 2 is 2.26 bits per heavy atom. The molecule has 1 aliphatic heterocycles. The number of phenols is 1. The molecule has 2 aromatic rings. The van der Waals surface area contributed by atoms with E-state index in [1.54, 1.807) is 17.3 Å². The molecule has 6 heteroatoms. The summed E-state index contributed by atoms with van der Waals surface area (Å²) in [6.45, 7) is 2.65. The molecule has 0 spiro atoms. The minimum Gasteiger partial charge on any atom is -0.504 e. The van der Waals surface area contributed by atoms with Crippen LogP contribution in [0.15, 0.2) is 36.7 Å². The maximum atomic E-state index is 13.7. The fourth-order valence-corrected chi connectivity index (χ4v) is 3.22. The van der Waals surface area contributed by atoms with Crippen molar-refractivity contribution in [3.63, 3.8) is 0 Å². The van der Waals surface area contributed by atoms with E-state index in [1.807, 2.05) is 12.1 Å². The van der Waals surface area contributed by atoms with Crippen molar-refractivity contribution in [3.8, 4) is 5.75 Å². The number of halogens is 2. The predicted octanol–water partition coefficient (Wildman–Crippen LogP) is 3.80. The van der Waals surface area contributed by atoms with Gasteiger partial charge in [0.1, 0.15) is 0 Å². The summed E-state index contributed by atoms with van der Waals surface area (Å²) < 4.78 is 13.7. The average molecular weight is 335 g/mol. The highest BCUT2D eigenvalue weighted by molar-refractivity contribution is 6.32. The van der Waals surface area contributed by atoms with Gasteiger partial charge < -0.3 is 10.0 Å². The first-order chi connectivity index (χ1) is 11.0. The van der Waals surface area contributed by atoms with Gasteiger partial charge in [0.15, 0.2) is 11.6 Å². The van der Waals surface area contributed by atoms with Crippen LogP contribution in [0.25, 0.3) is 0 Å². The number of benzene rings is 1. The van der Waals surface area contributed by atoms with E-state index in [0.29, 0.717) is 12.5 Å². The average Bonchev–Trinajstić information content (AvgIpc) is 2.94. The zero-order valence-electron chi connectivity index (χ0n) is 12.5. The fourth-order valence-electron chi connectivity index (χ4n) is 3.01. The van der Waals surface area contributed by atoms with Gasteiger partial charge in [0.2, 0.25) is 0 Å². The molecule has 0 unspecified atom stereocenters. The second-order valence-electron chi connectivity index (χ2n) is 5.89. The maximum absolute atomic E-state index is 13.7. The smallest absolute Gasteiger partial charge is 0.254 e. The number of hydrogen-bond acceptors (Lipinski definition) is 3. The number of pyridine rings is 1. The molecule has 1 fully saturated rings. The summed E-state index contributed by atoms with van der Waals surface area (Å²) in [6.07, 6.45) is 4.25. The number of aromatic hydroxyl groups is 1. The van der Waals surface area contributed by atoms with Crippen molar-refractivity contribution in [3.05, 3.63) is 58.6 Å². The Morgan fingerprint density at radius 3 is 2.91 bits per heavy atom. The normalized spacial score (nSPS) is 20.7. The molecule has 1 saturated heterocycles. The monoisotopic (exact) mass is 334 g/mol. The Morgan fingerprint density at radius 1 is 1.48 bits per heavy atom. The number of nitrogens with zero attached hydrogens (tertiary/aromatic N) is 2. The zero-order chi connectivity index (χ0) is 16.6. The van der Waals surface area contributed by atoms with Crippen LogP contribution in [0.3, 0.4) is 0 Å². The van der Waals surface area contributed by atoms with Crippen LogP contribution < -0.4 is 0 Å². The largest absolute Gasteiger partial charge is 0.504 e. The molecule has 3 rings (SSSR count). The highest BCUT2D eigenvalue weighted by Crippen LogP contribution is 2.37. The molecule has 0 radical (unpaired) electrons. The molecule has 2 heterocycles. The van der Waals surface area contributed by atoms with Crippen LogP contribution in [0.5, 0.6) is 5.75 Å². The lowest BCUT2D eigenvalue weighted by Gasteiger charge is -2.25. The van der Waals surface area contributed by atoms with E-state index in [0.717, 1.165) is 18.1 Å². The van der Waals surface area contributed by atoms with Gasteiger partial charge in [-0.25, -0.2) is 4.39 Å². The third-order valence-electron chi connectivity index (χ3n) is 4.10. The van der Waals surface area contributed by atoms with E-state index in [1.165, 1.54) is 6.07 Å². The van der Waals surface area contributed by atoms with Crippen LogP contribution >= 0.6 is 11.6 Å². The first-order valence-corrected chi connectivity index (χ1v) is 7.74. The number of carbonyl (C=O) groups excluding carboxylic acids is 1. The summed E-state index contributed by atoms with van der Waals surface area (Å²) in [5.41, 5.74) is 1.09. The molecule has 1 aromatic heterocycles. The number of hydrogen-bond donors (Lipinski definition) is 1. The van der Waals surface area contributed by atoms with Crippen molar-refractivity contribution in [2.75, 3.05) is 6.54 Å². The molecule has 0 bridgehead atoms. The Hall–Kier alpha value is -2.14. The van der Waals surface area contributed by atoms with Gasteiger partial charge in [-0.3, -0.25) is 9.78 Å². The van der Waals surface area contributed by atoms with E-state index in [-0.39, 0.29) is 22.5 Å². The molecule has 1 N–H and O–H groups in total. The molecule has 2 atom stereocenters. The lowest BCUT2D eigenvalue weighted by molar-refractivity contribution is 0.0731. The quantitative estimate of drug-likeness (QED) is 0.908. The Bertz CT molecular complexity index is 716. The van der Waals surface area contributed by atoms with Crippen molar-refractivity contribution in [2.24, 2.45) is 5.92 Å². The van der Waals surface area contributed by atoms with Crippen LogP contribution in [-0.2, 0) is 0 Å². The Kier molecular flexibility index (Phi) is 4.22. The lowest BCUT2D eigenvalue weighted by Crippen LogP contribution is -2.31. The third kappa shape index (κ3) is 3.01. The van der Waals surface area contributed by atoms with Crippen molar-refractivity contribution in [1.29, 1.82) is 0 Å². The first kappa shape index (κ1) is 15.7. The minimum atomic E-state index is -0.897. The van der Waals surface area contributed by atoms with Gasteiger partial charge >= 0.3 is 0 Å². The number of likely N-dealkylation sites (tertiary alicyclic amines) is 1. The Labute approximate surface area is 138 Å². The number of amides is 1. The van der Waals surface area contributed by atoms with E-state index < -0.39 is 11.6 Å². The van der Waals surface area contributed by atoms with E-state index in [4.69, 9.17) is 11.6 Å². The van der Waals surface area contributed by atoms with Gasteiger partial charge in [-0.05, 0) is 36.1 Å². The number of phenolic OH excluding ortho intramolecular Hbond substituents is 1. The second-order valence-corrected chi connectivity index (χ2v) is 6.30. The molecule has 0 saturated carbocycles. The summed E-state index contributed by atoms with van der Waals surface area (Å²) in [5, 5.41) is 9.24. The second kappa shape index (κ2) is 6.16. The standard InChI is InChI=1S/C17H16ClFN2O2/c1-10-5-15(11-3-2-4-20-8-11)21(9-10)17(23)12-6-13(18)16(22)14(19)7-12/h2-4,6-8,10,15,22H,5,9H2,1H3/t10-,15-/m1/s1. The summed E-state index contributed by atoms with van der Waals surface area (Å²) in [7, 11) is 0. The van der Waals surface area contributed by atoms with Crippen LogP contribution in [0.4, 0.5) is 4.39 Å². The molecule has 1 aliphatic rings. The number of rotatable bonds is 2. The number of carbonyl (C=O) groups is 1. The minimum absolute atomic E-state index is 0.0955. The fraction of sp³-hybridized carbons (Fsp3) is 0.294. The SMILES string of the molecule is C[C@@H]1C[C@H](c2cccnc2)N(C(=O)c2cc(F)c(O)c(Cl)c2)C1. The van der Waals surface area contributed by atoms with Gasteiger partial charge in [-0.15, -0.1) is 0 Å². The van der Waals surface area contributed by atoms with Gasteiger partial charge in [0.25, 0.3) is 5.91 Å².